The van der Waals surface area contributed by atoms with Crippen LogP contribution in [0.25, 0.3) is 0 Å². The molecule has 1 aromatic heterocycles. The van der Waals surface area contributed by atoms with Crippen molar-refractivity contribution < 1.29 is 3.01 Å². The molecule has 0 saturated heterocycles. The van der Waals surface area contributed by atoms with Crippen LogP contribution in [0, 0.1) is 0 Å². The molecule has 0 aromatic carbocycles. The Morgan fingerprint density at radius 1 is 1.83 bits per heavy atom. The Balaban J connectivity index is 3.05. The van der Waals surface area contributed by atoms with E-state index in [-0.39, 0.29) is 0 Å². The molecule has 0 radical (unpaired) electrons. The molecule has 0 aliphatic rings. The molecule has 1 aromatic rings. The fourth-order valence-corrected chi connectivity index (χ4v) is 0.406. The van der Waals surface area contributed by atoms with Crippen molar-refractivity contribution in [2.24, 2.45) is 0 Å². The van der Waals surface area contributed by atoms with Crippen LogP contribution in [0.3, 0.4) is 0 Å². The van der Waals surface area contributed by atoms with Gasteiger partial charge in [0.25, 0.3) is 29.2 Å². The summed E-state index contributed by atoms with van der Waals surface area (Å²) < 4.78 is 1.48. The average Bonchev–Trinajstić information content (AvgIpc) is 1.86. The number of nitrogens with one attached hydrogen (secondary N) is 1. The lowest BCUT2D eigenvalue weighted by Gasteiger charge is -1.57. The van der Waals surface area contributed by atoms with Gasteiger partial charge in [-0.15, -0.1) is 0 Å². The van der Waals surface area contributed by atoms with Gasteiger partial charge in [0.05, 0.1) is 5.10 Å². The van der Waals surface area contributed by atoms with E-state index in [1.54, 1.807) is 0 Å². The van der Waals surface area contributed by atoms with Gasteiger partial charge in [-0.1, -0.05) is 0 Å². The van der Waals surface area contributed by atoms with Gasteiger partial charge in [-0.25, -0.2) is 0 Å². The Bertz CT molecular complexity index is 111. The maximum absolute atomic E-state index is 3.51. The first-order valence-corrected chi connectivity index (χ1v) is 2.30. The molecule has 0 bridgehead atoms. The molecule has 0 spiro atoms. The van der Waals surface area contributed by atoms with Crippen molar-refractivity contribution in [3.05, 3.63) is 6.33 Å². The number of rotatable bonds is 0. The zero-order chi connectivity index (χ0) is 4.41. The van der Waals surface area contributed by atoms with Gasteiger partial charge >= 0.3 is 0 Å². The van der Waals surface area contributed by atoms with Crippen molar-refractivity contribution in [2.75, 3.05) is 0 Å². The summed E-state index contributed by atoms with van der Waals surface area (Å²) >= 11 is 1.96. The summed E-state index contributed by atoms with van der Waals surface area (Å²) in [5.74, 6) is 0. The lowest BCUT2D eigenvalue weighted by Crippen LogP contribution is -2.23. The molecule has 32 valence electrons. The normalized spacial score (nSPS) is 8.83. The minimum Gasteiger partial charge on any atom is -0.162 e. The molecule has 1 N–H and O–H groups in total. The largest absolute Gasteiger partial charge is 0.269 e. The van der Waals surface area contributed by atoms with Gasteiger partial charge in [-0.2, -0.15) is 5.10 Å². The SMILES string of the molecule is I[n+]1nnc[nH]1. The van der Waals surface area contributed by atoms with Crippen LogP contribution in [0.1, 0.15) is 0 Å². The van der Waals surface area contributed by atoms with Crippen molar-refractivity contribution in [3.8, 4) is 0 Å². The average molecular weight is 197 g/mol. The minimum atomic E-state index is 1.48. The maximum Gasteiger partial charge on any atom is 0.269 e. The number of hydrogen-bond donors (Lipinski definition) is 1. The zero-order valence-corrected chi connectivity index (χ0v) is 4.95. The van der Waals surface area contributed by atoms with Gasteiger partial charge in [0.15, 0.2) is 5.21 Å². The summed E-state index contributed by atoms with van der Waals surface area (Å²) in [5.41, 5.74) is 0. The number of hydrogen-bond acceptors (Lipinski definition) is 2. The van der Waals surface area contributed by atoms with Crippen LogP contribution in [-0.2, 0) is 0 Å². The van der Waals surface area contributed by atoms with Gasteiger partial charge in [0, 0.05) is 3.01 Å². The summed E-state index contributed by atoms with van der Waals surface area (Å²) in [5, 5.41) is 9.67. The number of tetrazole rings is 1. The quantitative estimate of drug-likeness (QED) is 0.558. The summed E-state index contributed by atoms with van der Waals surface area (Å²) in [4.78, 5) is 0. The molecule has 0 amide bonds. The van der Waals surface area contributed by atoms with E-state index in [4.69, 9.17) is 0 Å². The fraction of sp³-hybridized carbons (Fsp3) is 0. The second-order valence-corrected chi connectivity index (χ2v) is 1.64. The van der Waals surface area contributed by atoms with Gasteiger partial charge in [0.1, 0.15) is 0 Å². The summed E-state index contributed by atoms with van der Waals surface area (Å²) in [7, 11) is 0. The van der Waals surface area contributed by atoms with Gasteiger partial charge in [-0.05, 0) is 0 Å². The number of halogens is 1. The van der Waals surface area contributed by atoms with Crippen LogP contribution in [-0.4, -0.2) is 15.4 Å². The van der Waals surface area contributed by atoms with E-state index in [1.165, 1.54) is 9.34 Å². The van der Waals surface area contributed by atoms with E-state index in [9.17, 15) is 0 Å². The highest BCUT2D eigenvalue weighted by Crippen LogP contribution is 1.58. The molecular formula is CH2IN4+. The number of aromatic nitrogens is 4. The number of H-pyrrole nitrogens is 1. The monoisotopic (exact) mass is 197 g/mol. The predicted octanol–water partition coefficient (Wildman–Crippen LogP) is -0.710. The molecule has 1 heterocycles. The van der Waals surface area contributed by atoms with Gasteiger partial charge < -0.3 is 0 Å². The van der Waals surface area contributed by atoms with Crippen molar-refractivity contribution >= 4 is 22.9 Å². The topological polar surface area (TPSA) is 45.5 Å². The van der Waals surface area contributed by atoms with Crippen LogP contribution in [0.15, 0.2) is 6.33 Å². The molecule has 0 unspecified atom stereocenters. The van der Waals surface area contributed by atoms with Gasteiger partial charge in [0.2, 0.25) is 0 Å². The van der Waals surface area contributed by atoms with Crippen LogP contribution in [0.4, 0.5) is 0 Å². The minimum absolute atomic E-state index is 1.48. The third-order valence-corrected chi connectivity index (χ3v) is 0.824. The highest BCUT2D eigenvalue weighted by Gasteiger charge is 1.87. The predicted molar refractivity (Wildman–Crippen MR) is 26.0 cm³/mol. The smallest absolute Gasteiger partial charge is 0.162 e. The van der Waals surface area contributed by atoms with E-state index >= 15 is 0 Å². The summed E-state index contributed by atoms with van der Waals surface area (Å²) in [6.07, 6.45) is 1.51. The third-order valence-electron chi connectivity index (χ3n) is 0.352. The van der Waals surface area contributed by atoms with Crippen molar-refractivity contribution in [3.63, 3.8) is 0 Å². The van der Waals surface area contributed by atoms with Gasteiger partial charge in [-0.3, -0.25) is 0 Å². The molecular weight excluding hydrogens is 195 g/mol. The lowest BCUT2D eigenvalue weighted by atomic mass is 11.4. The summed E-state index contributed by atoms with van der Waals surface area (Å²) in [6, 6.07) is 0. The molecule has 6 heavy (non-hydrogen) atoms. The third kappa shape index (κ3) is 0.644. The Morgan fingerprint density at radius 3 is 2.83 bits per heavy atom. The van der Waals surface area contributed by atoms with Crippen LogP contribution in [0.5, 0.6) is 0 Å². The number of aromatic amines is 1. The lowest BCUT2D eigenvalue weighted by molar-refractivity contribution is -0.578. The van der Waals surface area contributed by atoms with E-state index in [0.717, 1.165) is 0 Å². The van der Waals surface area contributed by atoms with Crippen LogP contribution in [0.2, 0.25) is 0 Å². The van der Waals surface area contributed by atoms with Crippen molar-refractivity contribution in [1.29, 1.82) is 0 Å². The Kier molecular flexibility index (Phi) is 0.992. The highest BCUT2D eigenvalue weighted by molar-refractivity contribution is 14.1. The molecule has 0 aliphatic heterocycles. The fourth-order valence-electron chi connectivity index (χ4n) is 0.170. The van der Waals surface area contributed by atoms with Crippen LogP contribution >= 0.6 is 22.9 Å². The zero-order valence-electron chi connectivity index (χ0n) is 2.80. The number of nitrogens with zero attached hydrogens (tertiary/aromatic N) is 3. The van der Waals surface area contributed by atoms with E-state index in [2.05, 4.69) is 15.4 Å². The summed E-state index contributed by atoms with van der Waals surface area (Å²) in [6.45, 7) is 0. The first kappa shape index (κ1) is 3.97. The molecule has 5 heteroatoms. The molecule has 0 fully saturated rings. The molecule has 4 nitrogen and oxygen atoms in total. The Morgan fingerprint density at radius 2 is 2.67 bits per heavy atom. The second kappa shape index (κ2) is 1.50. The standard InChI is InChI=1S/CHIN4/c2-6-4-1-3-5-6/h1H/p+1. The van der Waals surface area contributed by atoms with Crippen LogP contribution < -0.4 is 3.01 Å². The van der Waals surface area contributed by atoms with Crippen molar-refractivity contribution in [2.45, 2.75) is 0 Å². The first-order valence-electron chi connectivity index (χ1n) is 1.34. The molecule has 0 saturated carbocycles. The highest BCUT2D eigenvalue weighted by atomic mass is 127. The molecule has 0 atom stereocenters. The first-order chi connectivity index (χ1) is 2.89. The Labute approximate surface area is 48.0 Å². The molecule has 1 rings (SSSR count). The molecule has 0 aliphatic carbocycles. The van der Waals surface area contributed by atoms with E-state index in [0.29, 0.717) is 0 Å². The Hall–Kier alpha value is -0.200. The van der Waals surface area contributed by atoms with Crippen molar-refractivity contribution in [1.82, 2.24) is 15.4 Å². The second-order valence-electron chi connectivity index (χ2n) is 0.723. The van der Waals surface area contributed by atoms with E-state index < -0.39 is 0 Å². The maximum atomic E-state index is 3.51. The van der Waals surface area contributed by atoms with E-state index in [1.807, 2.05) is 22.9 Å².